The van der Waals surface area contributed by atoms with Crippen molar-refractivity contribution in [2.45, 2.75) is 17.8 Å². The topological polar surface area (TPSA) is 55.4 Å². The Kier molecular flexibility index (Phi) is 6.26. The van der Waals surface area contributed by atoms with Crippen molar-refractivity contribution in [3.8, 4) is 5.75 Å². The van der Waals surface area contributed by atoms with E-state index in [1.807, 2.05) is 0 Å². The highest BCUT2D eigenvalue weighted by Gasteiger charge is 2.34. The molecular formula is C14H9BrCl2F3NO3S. The molecule has 0 unspecified atom stereocenters. The summed E-state index contributed by atoms with van der Waals surface area (Å²) in [6, 6.07) is 7.62. The number of ether oxygens (including phenoxy) is 1. The van der Waals surface area contributed by atoms with Crippen LogP contribution in [0.15, 0.2) is 45.8 Å². The Morgan fingerprint density at radius 3 is 2.24 bits per heavy atom. The quantitative estimate of drug-likeness (QED) is 0.647. The highest BCUT2D eigenvalue weighted by Crippen LogP contribution is 2.32. The number of alkyl halides is 3. The molecule has 0 aliphatic heterocycles. The van der Waals surface area contributed by atoms with Crippen LogP contribution in [0.3, 0.4) is 0 Å². The molecule has 136 valence electrons. The third-order valence-electron chi connectivity index (χ3n) is 2.81. The smallest absolute Gasteiger partial charge is 0.404 e. The van der Waals surface area contributed by atoms with Crippen molar-refractivity contribution in [1.29, 1.82) is 0 Å². The fraction of sp³-hybridized carbons (Fsp3) is 0.143. The van der Waals surface area contributed by atoms with Gasteiger partial charge in [-0.05, 0) is 42.0 Å². The monoisotopic (exact) mass is 477 g/mol. The van der Waals surface area contributed by atoms with Gasteiger partial charge in [0.25, 0.3) is 0 Å². The first kappa shape index (κ1) is 20.3. The summed E-state index contributed by atoms with van der Waals surface area (Å²) in [6.45, 7) is -0.218. The number of rotatable bonds is 5. The molecule has 0 aliphatic carbocycles. The largest absolute Gasteiger partial charge is 0.573 e. The molecule has 0 fully saturated rings. The van der Waals surface area contributed by atoms with Crippen LogP contribution in [0.1, 0.15) is 5.56 Å². The molecule has 1 N–H and O–H groups in total. The zero-order valence-corrected chi connectivity index (χ0v) is 16.0. The fourth-order valence-corrected chi connectivity index (χ4v) is 3.91. The van der Waals surface area contributed by atoms with Gasteiger partial charge >= 0.3 is 6.36 Å². The molecule has 0 saturated carbocycles. The van der Waals surface area contributed by atoms with Gasteiger partial charge in [0.15, 0.2) is 5.75 Å². The van der Waals surface area contributed by atoms with Crippen molar-refractivity contribution in [2.24, 2.45) is 0 Å². The van der Waals surface area contributed by atoms with Crippen molar-refractivity contribution in [1.82, 2.24) is 4.72 Å². The van der Waals surface area contributed by atoms with Gasteiger partial charge in [0, 0.05) is 21.1 Å². The van der Waals surface area contributed by atoms with E-state index >= 15 is 0 Å². The zero-order valence-electron chi connectivity index (χ0n) is 12.1. The molecule has 0 bridgehead atoms. The maximum atomic E-state index is 12.5. The van der Waals surface area contributed by atoms with Gasteiger partial charge in [-0.1, -0.05) is 39.1 Å². The fourth-order valence-electron chi connectivity index (χ4n) is 1.88. The van der Waals surface area contributed by atoms with Gasteiger partial charge in [-0.2, -0.15) is 0 Å². The summed E-state index contributed by atoms with van der Waals surface area (Å²) in [7, 11) is -4.29. The first-order valence-corrected chi connectivity index (χ1v) is 9.49. The Morgan fingerprint density at radius 1 is 1.08 bits per heavy atom. The SMILES string of the molecule is O=S(=O)(NCc1cc(Cl)cc(Cl)c1)c1ccc(Br)cc1OC(F)(F)F. The van der Waals surface area contributed by atoms with Gasteiger partial charge in [-0.25, -0.2) is 13.1 Å². The average Bonchev–Trinajstić information content (AvgIpc) is 2.42. The summed E-state index contributed by atoms with van der Waals surface area (Å²) >= 11 is 14.6. The van der Waals surface area contributed by atoms with E-state index in [1.165, 1.54) is 24.3 Å². The predicted molar refractivity (Wildman–Crippen MR) is 91.3 cm³/mol. The van der Waals surface area contributed by atoms with Gasteiger partial charge in [0.05, 0.1) is 0 Å². The van der Waals surface area contributed by atoms with Crippen LogP contribution in [0, 0.1) is 0 Å². The van der Waals surface area contributed by atoms with Crippen molar-refractivity contribution in [3.63, 3.8) is 0 Å². The molecule has 0 spiro atoms. The lowest BCUT2D eigenvalue weighted by Crippen LogP contribution is -2.25. The summed E-state index contributed by atoms with van der Waals surface area (Å²) in [6.07, 6.45) is -5.04. The summed E-state index contributed by atoms with van der Waals surface area (Å²) in [5.41, 5.74) is 0.441. The van der Waals surface area contributed by atoms with Crippen LogP contribution in [0.4, 0.5) is 13.2 Å². The number of sulfonamides is 1. The Morgan fingerprint density at radius 2 is 1.68 bits per heavy atom. The average molecular weight is 479 g/mol. The second-order valence-electron chi connectivity index (χ2n) is 4.74. The maximum absolute atomic E-state index is 12.5. The summed E-state index contributed by atoms with van der Waals surface area (Å²) in [5, 5.41) is 0.595. The third kappa shape index (κ3) is 6.03. The van der Waals surface area contributed by atoms with Crippen LogP contribution in [-0.2, 0) is 16.6 Å². The molecular weight excluding hydrogens is 470 g/mol. The molecule has 0 amide bonds. The van der Waals surface area contributed by atoms with E-state index in [4.69, 9.17) is 23.2 Å². The van der Waals surface area contributed by atoms with E-state index in [9.17, 15) is 21.6 Å². The van der Waals surface area contributed by atoms with E-state index in [0.717, 1.165) is 12.1 Å². The second kappa shape index (κ2) is 7.71. The minimum atomic E-state index is -5.04. The van der Waals surface area contributed by atoms with Crippen molar-refractivity contribution < 1.29 is 26.3 Å². The number of nitrogens with one attached hydrogen (secondary N) is 1. The molecule has 11 heteroatoms. The van der Waals surface area contributed by atoms with E-state index in [1.54, 1.807) is 0 Å². The van der Waals surface area contributed by atoms with Crippen LogP contribution in [0.2, 0.25) is 10.0 Å². The molecule has 0 aromatic heterocycles. The number of benzene rings is 2. The molecule has 0 radical (unpaired) electrons. The van der Waals surface area contributed by atoms with Crippen molar-refractivity contribution in [2.75, 3.05) is 0 Å². The highest BCUT2D eigenvalue weighted by atomic mass is 79.9. The molecule has 25 heavy (non-hydrogen) atoms. The van der Waals surface area contributed by atoms with Crippen LogP contribution < -0.4 is 9.46 Å². The number of hydrogen-bond acceptors (Lipinski definition) is 3. The minimum Gasteiger partial charge on any atom is -0.404 e. The van der Waals surface area contributed by atoms with E-state index in [2.05, 4.69) is 25.4 Å². The van der Waals surface area contributed by atoms with E-state index < -0.39 is 27.0 Å². The number of hydrogen-bond donors (Lipinski definition) is 1. The molecule has 2 aromatic carbocycles. The van der Waals surface area contributed by atoms with Crippen LogP contribution in [0.25, 0.3) is 0 Å². The normalized spacial score (nSPS) is 12.2. The second-order valence-corrected chi connectivity index (χ2v) is 8.27. The highest BCUT2D eigenvalue weighted by molar-refractivity contribution is 9.10. The molecule has 0 aliphatic rings. The number of halogens is 6. The molecule has 2 rings (SSSR count). The van der Waals surface area contributed by atoms with Crippen molar-refractivity contribution in [3.05, 3.63) is 56.5 Å². The lowest BCUT2D eigenvalue weighted by atomic mass is 10.2. The third-order valence-corrected chi connectivity index (χ3v) is 5.18. The van der Waals surface area contributed by atoms with Crippen LogP contribution in [-0.4, -0.2) is 14.8 Å². The standard InChI is InChI=1S/C14H9BrCl2F3NO3S/c15-9-1-2-13(12(5-9)24-14(18,19)20)25(22,23)21-7-8-3-10(16)6-11(17)4-8/h1-6,21H,7H2. The molecule has 0 saturated heterocycles. The van der Waals surface area contributed by atoms with E-state index in [-0.39, 0.29) is 11.0 Å². The Labute approximate surface area is 160 Å². The van der Waals surface area contributed by atoms with Gasteiger partial charge in [-0.3, -0.25) is 0 Å². The van der Waals surface area contributed by atoms with Crippen LogP contribution in [0.5, 0.6) is 5.75 Å². The molecule has 2 aromatic rings. The first-order chi connectivity index (χ1) is 11.5. The van der Waals surface area contributed by atoms with Crippen molar-refractivity contribution >= 4 is 49.2 Å². The van der Waals surface area contributed by atoms with E-state index in [0.29, 0.717) is 15.6 Å². The summed E-state index contributed by atoms with van der Waals surface area (Å²) in [5.74, 6) is -0.849. The summed E-state index contributed by atoms with van der Waals surface area (Å²) < 4.78 is 68.4. The molecule has 4 nitrogen and oxygen atoms in total. The van der Waals surface area contributed by atoms with Crippen LogP contribution >= 0.6 is 39.1 Å². The van der Waals surface area contributed by atoms with Gasteiger partial charge < -0.3 is 4.74 Å². The lowest BCUT2D eigenvalue weighted by molar-refractivity contribution is -0.275. The van der Waals surface area contributed by atoms with Gasteiger partial charge in [0.2, 0.25) is 10.0 Å². The lowest BCUT2D eigenvalue weighted by Gasteiger charge is -2.14. The first-order valence-electron chi connectivity index (χ1n) is 6.46. The Balaban J connectivity index is 2.30. The van der Waals surface area contributed by atoms with Gasteiger partial charge in [0.1, 0.15) is 4.90 Å². The molecule has 0 atom stereocenters. The molecule has 0 heterocycles. The predicted octanol–water partition coefficient (Wildman–Crippen LogP) is 5.13. The maximum Gasteiger partial charge on any atom is 0.573 e. The van der Waals surface area contributed by atoms with Gasteiger partial charge in [-0.15, -0.1) is 13.2 Å². The Bertz CT molecular complexity index is 871. The zero-order chi connectivity index (χ0) is 18.8. The minimum absolute atomic E-state index is 0.218. The summed E-state index contributed by atoms with van der Waals surface area (Å²) in [4.78, 5) is -0.652. The Hall–Kier alpha value is -1.00.